The number of nitrogens with one attached hydrogen (secondary N) is 1. The molecule has 0 radical (unpaired) electrons. The Morgan fingerprint density at radius 3 is 2.45 bits per heavy atom. The summed E-state index contributed by atoms with van der Waals surface area (Å²) in [6.07, 6.45) is 0.124. The van der Waals surface area contributed by atoms with E-state index in [2.05, 4.69) is 56.4 Å². The van der Waals surface area contributed by atoms with Gasteiger partial charge >= 0.3 is 0 Å². The number of hydrogen-bond acceptors (Lipinski definition) is 3. The topological polar surface area (TPSA) is 30.5 Å². The second-order valence-corrected chi connectivity index (χ2v) is 5.68. The molecule has 0 spiro atoms. The van der Waals surface area contributed by atoms with Gasteiger partial charge in [-0.05, 0) is 55.7 Å². The second-order valence-electron chi connectivity index (χ2n) is 5.68. The minimum absolute atomic E-state index is 0.124. The van der Waals surface area contributed by atoms with Gasteiger partial charge in [0, 0.05) is 13.1 Å². The highest BCUT2D eigenvalue weighted by atomic mass is 16.5. The van der Waals surface area contributed by atoms with Crippen molar-refractivity contribution in [1.82, 2.24) is 5.32 Å². The average Bonchev–Trinajstić information content (AvgIpc) is 2.51. The summed E-state index contributed by atoms with van der Waals surface area (Å²) in [5.74, 6) is 1.86. The summed E-state index contributed by atoms with van der Waals surface area (Å²) in [5.41, 5.74) is 3.63. The molecule has 0 heterocycles. The van der Waals surface area contributed by atoms with Gasteiger partial charge in [-0.3, -0.25) is 0 Å². The minimum atomic E-state index is 0.124. The lowest BCUT2D eigenvalue weighted by molar-refractivity contribution is 0.215. The smallest absolute Gasteiger partial charge is 0.122 e. The molecule has 3 heteroatoms. The van der Waals surface area contributed by atoms with Crippen LogP contribution in [0.3, 0.4) is 0 Å². The number of ether oxygens (including phenoxy) is 2. The number of methoxy groups -OCH3 is 1. The van der Waals surface area contributed by atoms with Gasteiger partial charge in [-0.15, -0.1) is 0 Å². The van der Waals surface area contributed by atoms with E-state index in [9.17, 15) is 0 Å². The van der Waals surface area contributed by atoms with E-state index < -0.39 is 0 Å². The number of benzene rings is 2. The van der Waals surface area contributed by atoms with E-state index in [4.69, 9.17) is 9.47 Å². The Labute approximate surface area is 133 Å². The fraction of sp³-hybridized carbons (Fsp3) is 0.368. The van der Waals surface area contributed by atoms with Crippen LogP contribution in [-0.4, -0.2) is 19.8 Å². The molecule has 0 amide bonds. The van der Waals surface area contributed by atoms with Crippen molar-refractivity contribution in [2.45, 2.75) is 33.4 Å². The summed E-state index contributed by atoms with van der Waals surface area (Å²) in [5, 5.41) is 3.43. The zero-order valence-corrected chi connectivity index (χ0v) is 13.8. The normalized spacial score (nSPS) is 12.0. The van der Waals surface area contributed by atoms with E-state index in [0.717, 1.165) is 24.6 Å². The molecule has 0 aliphatic rings. The van der Waals surface area contributed by atoms with E-state index >= 15 is 0 Å². The molecule has 1 N–H and O–H groups in total. The van der Waals surface area contributed by atoms with Gasteiger partial charge in [0.05, 0.1) is 7.11 Å². The van der Waals surface area contributed by atoms with Crippen LogP contribution in [0.1, 0.15) is 23.6 Å². The van der Waals surface area contributed by atoms with E-state index in [1.165, 1.54) is 16.7 Å². The lowest BCUT2D eigenvalue weighted by atomic mass is 10.1. The Bertz CT molecular complexity index is 593. The maximum absolute atomic E-state index is 6.02. The van der Waals surface area contributed by atoms with Crippen LogP contribution in [0.25, 0.3) is 0 Å². The van der Waals surface area contributed by atoms with Gasteiger partial charge in [-0.1, -0.05) is 24.3 Å². The standard InChI is InChI=1S/C19H25NO2/c1-14-5-6-15(2)19(11-14)22-16(3)12-20-13-17-7-9-18(21-4)10-8-17/h5-11,16,20H,12-13H2,1-4H3. The Kier molecular flexibility index (Phi) is 5.84. The number of hydrogen-bond donors (Lipinski definition) is 1. The minimum Gasteiger partial charge on any atom is -0.497 e. The quantitative estimate of drug-likeness (QED) is 0.842. The molecule has 0 aromatic heterocycles. The summed E-state index contributed by atoms with van der Waals surface area (Å²) in [7, 11) is 1.68. The Balaban J connectivity index is 1.79. The lowest BCUT2D eigenvalue weighted by Gasteiger charge is -2.17. The van der Waals surface area contributed by atoms with Gasteiger partial charge in [0.2, 0.25) is 0 Å². The highest BCUT2D eigenvalue weighted by molar-refractivity contribution is 5.36. The molecule has 0 saturated heterocycles. The van der Waals surface area contributed by atoms with Crippen LogP contribution in [0, 0.1) is 13.8 Å². The molecule has 0 aliphatic carbocycles. The van der Waals surface area contributed by atoms with Gasteiger partial charge in [0.25, 0.3) is 0 Å². The van der Waals surface area contributed by atoms with Crippen LogP contribution in [0.5, 0.6) is 11.5 Å². The summed E-state index contributed by atoms with van der Waals surface area (Å²) in [6.45, 7) is 7.87. The first kappa shape index (κ1) is 16.4. The molecule has 2 aromatic carbocycles. The summed E-state index contributed by atoms with van der Waals surface area (Å²) >= 11 is 0. The van der Waals surface area contributed by atoms with Gasteiger partial charge < -0.3 is 14.8 Å². The fourth-order valence-electron chi connectivity index (χ4n) is 2.26. The van der Waals surface area contributed by atoms with Crippen molar-refractivity contribution in [3.8, 4) is 11.5 Å². The Hall–Kier alpha value is -2.00. The monoisotopic (exact) mass is 299 g/mol. The molecular weight excluding hydrogens is 274 g/mol. The predicted molar refractivity (Wildman–Crippen MR) is 90.7 cm³/mol. The van der Waals surface area contributed by atoms with Crippen molar-refractivity contribution in [2.24, 2.45) is 0 Å². The van der Waals surface area contributed by atoms with Crippen LogP contribution >= 0.6 is 0 Å². The molecule has 0 fully saturated rings. The molecule has 1 unspecified atom stereocenters. The summed E-state index contributed by atoms with van der Waals surface area (Å²) < 4.78 is 11.2. The molecule has 1 atom stereocenters. The molecule has 0 saturated carbocycles. The van der Waals surface area contributed by atoms with E-state index in [1.54, 1.807) is 7.11 Å². The Morgan fingerprint density at radius 1 is 1.05 bits per heavy atom. The van der Waals surface area contributed by atoms with Crippen molar-refractivity contribution in [2.75, 3.05) is 13.7 Å². The van der Waals surface area contributed by atoms with Crippen molar-refractivity contribution in [3.05, 3.63) is 59.2 Å². The van der Waals surface area contributed by atoms with Crippen LogP contribution in [0.4, 0.5) is 0 Å². The van der Waals surface area contributed by atoms with Crippen LogP contribution in [0.2, 0.25) is 0 Å². The van der Waals surface area contributed by atoms with E-state index in [1.807, 2.05) is 12.1 Å². The molecular formula is C19H25NO2. The van der Waals surface area contributed by atoms with E-state index in [-0.39, 0.29) is 6.10 Å². The first-order chi connectivity index (χ1) is 10.6. The zero-order chi connectivity index (χ0) is 15.9. The molecule has 118 valence electrons. The van der Waals surface area contributed by atoms with Gasteiger partial charge in [-0.2, -0.15) is 0 Å². The fourth-order valence-corrected chi connectivity index (χ4v) is 2.26. The zero-order valence-electron chi connectivity index (χ0n) is 13.8. The largest absolute Gasteiger partial charge is 0.497 e. The van der Waals surface area contributed by atoms with Crippen LogP contribution in [0.15, 0.2) is 42.5 Å². The summed E-state index contributed by atoms with van der Waals surface area (Å²) in [4.78, 5) is 0. The molecule has 22 heavy (non-hydrogen) atoms. The summed E-state index contributed by atoms with van der Waals surface area (Å²) in [6, 6.07) is 14.4. The highest BCUT2D eigenvalue weighted by Crippen LogP contribution is 2.20. The first-order valence-corrected chi connectivity index (χ1v) is 7.66. The number of aryl methyl sites for hydroxylation is 2. The van der Waals surface area contributed by atoms with E-state index in [0.29, 0.717) is 0 Å². The molecule has 0 bridgehead atoms. The van der Waals surface area contributed by atoms with Crippen molar-refractivity contribution >= 4 is 0 Å². The average molecular weight is 299 g/mol. The highest BCUT2D eigenvalue weighted by Gasteiger charge is 2.06. The lowest BCUT2D eigenvalue weighted by Crippen LogP contribution is -2.28. The maximum Gasteiger partial charge on any atom is 0.122 e. The van der Waals surface area contributed by atoms with Crippen LogP contribution < -0.4 is 14.8 Å². The van der Waals surface area contributed by atoms with Gasteiger partial charge in [0.15, 0.2) is 0 Å². The van der Waals surface area contributed by atoms with Crippen LogP contribution in [-0.2, 0) is 6.54 Å². The maximum atomic E-state index is 6.02. The third kappa shape index (κ3) is 4.78. The molecule has 2 aromatic rings. The third-order valence-electron chi connectivity index (χ3n) is 3.59. The second kappa shape index (κ2) is 7.85. The van der Waals surface area contributed by atoms with Gasteiger partial charge in [0.1, 0.15) is 17.6 Å². The van der Waals surface area contributed by atoms with Crippen molar-refractivity contribution in [1.29, 1.82) is 0 Å². The molecule has 3 nitrogen and oxygen atoms in total. The SMILES string of the molecule is COc1ccc(CNCC(C)Oc2cc(C)ccc2C)cc1. The number of rotatable bonds is 7. The van der Waals surface area contributed by atoms with Gasteiger partial charge in [-0.25, -0.2) is 0 Å². The third-order valence-corrected chi connectivity index (χ3v) is 3.59. The van der Waals surface area contributed by atoms with Crippen molar-refractivity contribution < 1.29 is 9.47 Å². The van der Waals surface area contributed by atoms with Crippen molar-refractivity contribution in [3.63, 3.8) is 0 Å². The molecule has 2 rings (SSSR count). The Morgan fingerprint density at radius 2 is 1.77 bits per heavy atom. The predicted octanol–water partition coefficient (Wildman–Crippen LogP) is 3.87. The first-order valence-electron chi connectivity index (χ1n) is 7.66. The molecule has 0 aliphatic heterocycles.